The molecule has 1 atom stereocenters. The van der Waals surface area contributed by atoms with Gasteiger partial charge in [-0.05, 0) is 36.6 Å². The third-order valence-electron chi connectivity index (χ3n) is 4.62. The number of benzene rings is 2. The minimum absolute atomic E-state index is 0.351. The maximum Gasteiger partial charge on any atom is 0.327 e. The molecule has 2 aromatic carbocycles. The molecule has 0 aliphatic carbocycles. The highest BCUT2D eigenvalue weighted by Gasteiger charge is 2.44. The van der Waals surface area contributed by atoms with Crippen molar-refractivity contribution in [1.82, 2.24) is 0 Å². The molecule has 2 rings (SSSR count). The molecule has 160 valence electrons. The van der Waals surface area contributed by atoms with Crippen LogP contribution in [-0.2, 0) is 9.05 Å². The topological polar surface area (TPSA) is 129 Å². The molecule has 2 aromatic rings. The average molecular weight is 444 g/mol. The van der Waals surface area contributed by atoms with Gasteiger partial charge in [0, 0.05) is 0 Å². The molecule has 0 spiro atoms. The second kappa shape index (κ2) is 11.3. The van der Waals surface area contributed by atoms with Crippen LogP contribution in [0.15, 0.2) is 48.5 Å². The maximum absolute atomic E-state index is 10.3. The summed E-state index contributed by atoms with van der Waals surface area (Å²) in [6.45, 7) is 2.51. The van der Waals surface area contributed by atoms with Crippen molar-refractivity contribution in [1.29, 1.82) is 0 Å². The smallest absolute Gasteiger partial charge is 0.327 e. The van der Waals surface area contributed by atoms with Crippen molar-refractivity contribution >= 4 is 17.2 Å². The van der Waals surface area contributed by atoms with Gasteiger partial charge in [0.05, 0.1) is 25.2 Å². The van der Waals surface area contributed by atoms with Crippen LogP contribution < -0.4 is 4.74 Å². The first-order chi connectivity index (χ1) is 13.8. The Morgan fingerprint density at radius 3 is 1.83 bits per heavy atom. The molecule has 0 bridgehead atoms. The number of ether oxygens (including phenoxy) is 1. The molecule has 8 nitrogen and oxygen atoms in total. The zero-order valence-corrected chi connectivity index (χ0v) is 18.0. The van der Waals surface area contributed by atoms with Gasteiger partial charge in [-0.1, -0.05) is 42.5 Å². The molecule has 0 saturated carbocycles. The third-order valence-corrected chi connectivity index (χ3v) is 5.34. The maximum atomic E-state index is 10.3. The lowest BCUT2D eigenvalue weighted by Gasteiger charge is -2.39. The summed E-state index contributed by atoms with van der Waals surface area (Å²) in [5.74, 6) is 0.559. The van der Waals surface area contributed by atoms with E-state index in [1.54, 1.807) is 6.07 Å². The van der Waals surface area contributed by atoms with Crippen LogP contribution >= 0.6 is 17.2 Å². The lowest BCUT2D eigenvalue weighted by Crippen LogP contribution is -2.44. The van der Waals surface area contributed by atoms with E-state index < -0.39 is 35.3 Å². The van der Waals surface area contributed by atoms with E-state index in [1.165, 1.54) is 0 Å². The summed E-state index contributed by atoms with van der Waals surface area (Å²) in [7, 11) is -5.41. The van der Waals surface area contributed by atoms with Crippen molar-refractivity contribution < 1.29 is 38.5 Å². The predicted molar refractivity (Wildman–Crippen MR) is 110 cm³/mol. The number of hydrogen-bond acceptors (Lipinski definition) is 8. The lowest BCUT2D eigenvalue weighted by molar-refractivity contribution is -0.0657. The zero-order valence-electron chi connectivity index (χ0n) is 16.2. The fraction of sp³-hybridized carbons (Fsp3) is 0.368. The molecule has 10 heteroatoms. The normalized spacial score (nSPS) is 13.1. The average Bonchev–Trinajstić information content (AvgIpc) is 2.69. The van der Waals surface area contributed by atoms with Crippen LogP contribution in [0.25, 0.3) is 0 Å². The van der Waals surface area contributed by atoms with Gasteiger partial charge in [0.15, 0.2) is 0 Å². The van der Waals surface area contributed by atoms with Crippen LogP contribution in [0.4, 0.5) is 0 Å². The summed E-state index contributed by atoms with van der Waals surface area (Å²) in [5.41, 5.74) is 1.09. The fourth-order valence-electron chi connectivity index (χ4n) is 2.95. The van der Waals surface area contributed by atoms with E-state index in [9.17, 15) is 24.7 Å². The number of rotatable bonds is 11. The standard InChI is InChI=1S/C19H26O8P2/c1-14-7-3-5-9-16(14)18(27-17-10-6-4-8-15(17)2)19(11-20,12-25-28(21)22)13-26-29(23)24/h3-10,18,20-24H,11-13H2,1-2H3. The molecule has 5 N–H and O–H groups in total. The van der Waals surface area contributed by atoms with E-state index in [0.29, 0.717) is 5.75 Å². The van der Waals surface area contributed by atoms with Gasteiger partial charge in [-0.15, -0.1) is 0 Å². The van der Waals surface area contributed by atoms with Gasteiger partial charge in [0.1, 0.15) is 11.9 Å². The molecule has 0 saturated heterocycles. The molecule has 0 heterocycles. The fourth-order valence-corrected chi connectivity index (χ4v) is 3.70. The number of aliphatic hydroxyl groups excluding tert-OH is 1. The zero-order chi connectivity index (χ0) is 21.4. The number of aliphatic hydroxyl groups is 1. The molecular formula is C19H26O8P2. The number of para-hydroxylation sites is 1. The van der Waals surface area contributed by atoms with E-state index in [2.05, 4.69) is 0 Å². The predicted octanol–water partition coefficient (Wildman–Crippen LogP) is 2.86. The minimum atomic E-state index is -2.71. The van der Waals surface area contributed by atoms with Gasteiger partial charge in [-0.3, -0.25) is 0 Å². The first-order valence-electron chi connectivity index (χ1n) is 8.79. The Balaban J connectivity index is 2.55. The summed E-state index contributed by atoms with van der Waals surface area (Å²) in [6, 6.07) is 14.7. The van der Waals surface area contributed by atoms with Gasteiger partial charge in [0.25, 0.3) is 0 Å². The molecule has 1 unspecified atom stereocenters. The van der Waals surface area contributed by atoms with Crippen molar-refractivity contribution in [2.75, 3.05) is 19.8 Å². The highest BCUT2D eigenvalue weighted by atomic mass is 31.2. The molecule has 0 radical (unpaired) electrons. The van der Waals surface area contributed by atoms with Gasteiger partial charge in [-0.2, -0.15) is 0 Å². The van der Waals surface area contributed by atoms with E-state index in [1.807, 2.05) is 56.3 Å². The minimum Gasteiger partial charge on any atom is -0.485 e. The largest absolute Gasteiger partial charge is 0.485 e. The Labute approximate surface area is 172 Å². The van der Waals surface area contributed by atoms with Crippen molar-refractivity contribution in [3.63, 3.8) is 0 Å². The van der Waals surface area contributed by atoms with Crippen molar-refractivity contribution in [2.24, 2.45) is 5.41 Å². The summed E-state index contributed by atoms with van der Waals surface area (Å²) >= 11 is 0. The Bertz CT molecular complexity index is 759. The summed E-state index contributed by atoms with van der Waals surface area (Å²) < 4.78 is 16.4. The molecule has 29 heavy (non-hydrogen) atoms. The monoisotopic (exact) mass is 444 g/mol. The first-order valence-corrected chi connectivity index (χ1v) is 11.1. The van der Waals surface area contributed by atoms with Crippen molar-refractivity contribution in [3.8, 4) is 5.75 Å². The second-order valence-corrected chi connectivity index (χ2v) is 8.22. The van der Waals surface area contributed by atoms with Crippen LogP contribution in [0.5, 0.6) is 5.75 Å². The molecule has 0 aromatic heterocycles. The van der Waals surface area contributed by atoms with Crippen LogP contribution in [0.1, 0.15) is 22.8 Å². The van der Waals surface area contributed by atoms with Crippen LogP contribution in [0.3, 0.4) is 0 Å². The quantitative estimate of drug-likeness (QED) is 0.335. The number of hydrogen-bond donors (Lipinski definition) is 5. The van der Waals surface area contributed by atoms with Gasteiger partial charge >= 0.3 is 17.2 Å². The highest BCUT2D eigenvalue weighted by Crippen LogP contribution is 2.44. The summed E-state index contributed by atoms with van der Waals surface area (Å²) in [5, 5.41) is 10.3. The summed E-state index contributed by atoms with van der Waals surface area (Å²) in [6.07, 6.45) is -0.848. The molecule has 0 aliphatic heterocycles. The van der Waals surface area contributed by atoms with E-state index in [-0.39, 0.29) is 13.2 Å². The highest BCUT2D eigenvalue weighted by molar-refractivity contribution is 7.39. The van der Waals surface area contributed by atoms with Crippen molar-refractivity contribution in [2.45, 2.75) is 20.0 Å². The van der Waals surface area contributed by atoms with E-state index >= 15 is 0 Å². The third kappa shape index (κ3) is 6.66. The van der Waals surface area contributed by atoms with Crippen LogP contribution in [-0.4, -0.2) is 44.5 Å². The molecule has 0 amide bonds. The van der Waals surface area contributed by atoms with Crippen LogP contribution in [0, 0.1) is 19.3 Å². The van der Waals surface area contributed by atoms with Gasteiger partial charge < -0.3 is 38.5 Å². The van der Waals surface area contributed by atoms with Gasteiger partial charge in [0.2, 0.25) is 0 Å². The number of aryl methyl sites for hydroxylation is 2. The molecular weight excluding hydrogens is 418 g/mol. The Kier molecular flexibility index (Phi) is 9.37. The SMILES string of the molecule is Cc1ccccc1OC(c1ccccc1C)C(CO)(COP(O)O)COP(O)O. The Morgan fingerprint density at radius 1 is 0.828 bits per heavy atom. The Hall–Kier alpha value is -1.18. The lowest BCUT2D eigenvalue weighted by atomic mass is 9.79. The molecule has 0 aliphatic rings. The van der Waals surface area contributed by atoms with E-state index in [4.69, 9.17) is 13.8 Å². The Morgan fingerprint density at radius 2 is 1.34 bits per heavy atom. The van der Waals surface area contributed by atoms with Crippen molar-refractivity contribution in [3.05, 3.63) is 65.2 Å². The van der Waals surface area contributed by atoms with Crippen LogP contribution in [0.2, 0.25) is 0 Å². The molecule has 0 fully saturated rings. The van der Waals surface area contributed by atoms with Gasteiger partial charge in [-0.25, -0.2) is 0 Å². The first kappa shape index (κ1) is 24.1. The van der Waals surface area contributed by atoms with E-state index in [0.717, 1.165) is 16.7 Å². The summed E-state index contributed by atoms with van der Waals surface area (Å²) in [4.78, 5) is 37.1. The second-order valence-electron chi connectivity index (χ2n) is 6.69.